The van der Waals surface area contributed by atoms with Crippen molar-refractivity contribution >= 4 is 110 Å². The van der Waals surface area contributed by atoms with Crippen LogP contribution in [0.1, 0.15) is 125 Å². The zero-order valence-electron chi connectivity index (χ0n) is 59.7. The van der Waals surface area contributed by atoms with Gasteiger partial charge in [0, 0.05) is 71.7 Å². The van der Waals surface area contributed by atoms with Crippen molar-refractivity contribution in [3.63, 3.8) is 0 Å². The lowest BCUT2D eigenvalue weighted by molar-refractivity contribution is -0.161. The molecule has 108 heavy (non-hydrogen) atoms. The highest BCUT2D eigenvalue weighted by Gasteiger charge is 2.49. The van der Waals surface area contributed by atoms with Crippen LogP contribution in [-0.4, -0.2) is 171 Å². The molecule has 4 aliphatic rings. The van der Waals surface area contributed by atoms with Gasteiger partial charge in [0.05, 0.1) is 86.9 Å². The molecular formula is C75H77Cl2F9N8O11S3. The van der Waals surface area contributed by atoms with E-state index >= 15 is 0 Å². The Balaban J connectivity index is 0.000000174. The Labute approximate surface area is 633 Å². The van der Waals surface area contributed by atoms with E-state index in [9.17, 15) is 67.7 Å². The predicted molar refractivity (Wildman–Crippen MR) is 395 cm³/mol. The van der Waals surface area contributed by atoms with E-state index < -0.39 is 76.5 Å². The van der Waals surface area contributed by atoms with Crippen molar-refractivity contribution in [1.29, 1.82) is 0 Å². The molecule has 4 aliphatic heterocycles. The van der Waals surface area contributed by atoms with Gasteiger partial charge >= 0.3 is 39.9 Å². The molecule has 2 atom stereocenters. The van der Waals surface area contributed by atoms with Crippen LogP contribution in [0, 0.1) is 13.8 Å². The van der Waals surface area contributed by atoms with E-state index in [4.69, 9.17) is 52.1 Å². The van der Waals surface area contributed by atoms with E-state index in [1.807, 2.05) is 110 Å². The number of rotatable bonds is 17. The van der Waals surface area contributed by atoms with Crippen LogP contribution < -0.4 is 0 Å². The first-order valence-electron chi connectivity index (χ1n) is 34.6. The predicted octanol–water partition coefficient (Wildman–Crippen LogP) is 18.4. The number of likely N-dealkylation sites (tertiary alicyclic amines) is 2. The van der Waals surface area contributed by atoms with Crippen molar-refractivity contribution in [3.05, 3.63) is 141 Å². The molecule has 0 spiro atoms. The highest BCUT2D eigenvalue weighted by atomic mass is 35.5. The number of ether oxygens (including phenoxy) is 4. The number of nitrogens with one attached hydrogen (secondary N) is 1. The Morgan fingerprint density at radius 2 is 1.02 bits per heavy atom. The molecule has 0 unspecified atom stereocenters. The summed E-state index contributed by atoms with van der Waals surface area (Å²) in [7, 11) is -6.15. The van der Waals surface area contributed by atoms with Gasteiger partial charge in [-0.1, -0.05) is 47.5 Å². The molecule has 4 aromatic heterocycles. The number of hydrogen-bond donors (Lipinski definition) is 3. The van der Waals surface area contributed by atoms with Gasteiger partial charge < -0.3 is 29.2 Å². The smallest absolute Gasteiger partial charge is 0.479 e. The van der Waals surface area contributed by atoms with Crippen molar-refractivity contribution in [2.45, 2.75) is 153 Å². The largest absolute Gasteiger partial charge is 0.523 e. The number of carbonyl (C=O) groups is 2. The van der Waals surface area contributed by atoms with Crippen molar-refractivity contribution in [2.75, 3.05) is 59.2 Å². The monoisotopic (exact) mass is 1600 g/mol. The van der Waals surface area contributed by atoms with Crippen LogP contribution in [0.2, 0.25) is 10.0 Å². The number of aryl methyl sites for hydroxylation is 2. The molecule has 19 nitrogen and oxygen atoms in total. The first-order valence-corrected chi connectivity index (χ1v) is 38.4. The minimum absolute atomic E-state index is 0.0207. The highest BCUT2D eigenvalue weighted by molar-refractivity contribution is 7.87. The number of halogens is 11. The number of benzene rings is 6. The van der Waals surface area contributed by atoms with Gasteiger partial charge in [-0.15, -0.1) is 22.7 Å². The molecule has 10 aromatic rings. The topological polar surface area (TPSA) is 234 Å². The summed E-state index contributed by atoms with van der Waals surface area (Å²) >= 11 is 15.5. The van der Waals surface area contributed by atoms with Gasteiger partial charge in [0.25, 0.3) is 0 Å². The van der Waals surface area contributed by atoms with Crippen molar-refractivity contribution in [3.8, 4) is 43.4 Å². The molecule has 4 fully saturated rings. The van der Waals surface area contributed by atoms with Crippen LogP contribution in [-0.2, 0) is 49.4 Å². The molecule has 0 amide bonds. The van der Waals surface area contributed by atoms with Gasteiger partial charge in [0.1, 0.15) is 16.6 Å². The zero-order valence-corrected chi connectivity index (χ0v) is 63.6. The highest BCUT2D eigenvalue weighted by Crippen LogP contribution is 2.49. The van der Waals surface area contributed by atoms with Crippen molar-refractivity contribution in [1.82, 2.24) is 39.7 Å². The van der Waals surface area contributed by atoms with Gasteiger partial charge in [-0.05, 0) is 202 Å². The second-order valence-electron chi connectivity index (χ2n) is 29.1. The fourth-order valence-corrected chi connectivity index (χ4v) is 16.8. The first kappa shape index (κ1) is 80.1. The van der Waals surface area contributed by atoms with Crippen molar-refractivity contribution in [2.24, 2.45) is 0 Å². The molecule has 0 bridgehead atoms. The second-order valence-corrected chi connectivity index (χ2v) is 33.6. The molecule has 4 saturated heterocycles. The standard InChI is InChI=1S/C37H38ClF3N4O4S.C35H37ClN4O4S.C3H2F6O3S/c1-20-15-27-33(30(21-5-8-24(38)9-6-21)29(20)32(35(46)47)49-36(2,3)4)50-34(42-27)23-7-10-28-26(16-23)31(43-45(28)19-37(39,40)41)22-11-13-44(14-12-22)25-17-48-18-25;1-19-15-27-32(29(20-5-8-23(36)9-6-20)28(19)31(34(41)42)44-35(2,3)4)45-33(37-27)22-7-10-26-25(16-22)30(39-38-26)21-11-13-40(14-12-21)24-17-43-18-24;4-2(5,6)1-12-13(10,11)3(7,8)9/h5-10,15-16,22,25,32H,11-14,17-19H2,1-4H3,(H,46,47);5-10,15-16,21,24,31H,11-14,17-18H2,1-4H3,(H,38,39)(H,41,42);1H2/t32-;31-;/m00./s1. The lowest BCUT2D eigenvalue weighted by Crippen LogP contribution is -2.51. The summed E-state index contributed by atoms with van der Waals surface area (Å²) in [4.78, 5) is 40.5. The van der Waals surface area contributed by atoms with Crippen LogP contribution in [0.15, 0.2) is 97.1 Å². The van der Waals surface area contributed by atoms with Gasteiger partial charge in [-0.2, -0.15) is 58.1 Å². The van der Waals surface area contributed by atoms with E-state index in [1.54, 1.807) is 35.6 Å². The SMILES string of the molecule is Cc1cc2nc(-c3ccc4c(c3)c(C3CCN(C5COC5)CC3)nn4CC(F)(F)F)sc2c(-c2ccc(Cl)cc2)c1[C@H](OC(C)(C)C)C(=O)O.Cc1cc2nc(-c3ccc4n[nH]c(C5CCN(C6COC6)CC5)c4c3)sc2c(-c2ccc(Cl)cc2)c1[C@H](OC(C)(C)C)C(=O)O.O=S(=O)(OCC(F)(F)F)C(F)(F)F. The van der Waals surface area contributed by atoms with Crippen molar-refractivity contribution < 1.29 is 90.9 Å². The Morgan fingerprint density at radius 1 is 0.593 bits per heavy atom. The molecule has 3 N–H and O–H groups in total. The Bertz CT molecular complexity index is 5070. The summed E-state index contributed by atoms with van der Waals surface area (Å²) in [5.74, 6) is -1.69. The van der Waals surface area contributed by atoms with E-state index in [0.717, 1.165) is 147 Å². The average molecular weight is 1600 g/mol. The number of aromatic amines is 1. The number of carboxylic acids is 2. The third-order valence-electron chi connectivity index (χ3n) is 19.0. The fraction of sp³-hybridized carbons (Fsp3) is 0.440. The Morgan fingerprint density at radius 3 is 1.42 bits per heavy atom. The Kier molecular flexibility index (Phi) is 23.3. The lowest BCUT2D eigenvalue weighted by Gasteiger charge is -2.41. The molecule has 33 heteroatoms. The van der Waals surface area contributed by atoms with Crippen LogP contribution in [0.25, 0.3) is 85.6 Å². The van der Waals surface area contributed by atoms with E-state index in [1.165, 1.54) is 17.0 Å². The molecular weight excluding hydrogens is 1530 g/mol. The number of H-pyrrole nitrogens is 1. The fourth-order valence-electron chi connectivity index (χ4n) is 13.9. The van der Waals surface area contributed by atoms with Gasteiger partial charge in [0.15, 0.2) is 18.8 Å². The summed E-state index contributed by atoms with van der Waals surface area (Å²) in [6, 6.07) is 31.3. The number of fused-ring (bicyclic) bond motifs is 4. The minimum atomic E-state index is -6.15. The Hall–Kier alpha value is -7.40. The summed E-state index contributed by atoms with van der Waals surface area (Å²) in [6.45, 7) is 18.2. The quantitative estimate of drug-likeness (QED) is 0.0437. The third-order valence-corrected chi connectivity index (χ3v) is 22.8. The maximum atomic E-state index is 13.7. The third kappa shape index (κ3) is 18.3. The van der Waals surface area contributed by atoms with Crippen LogP contribution in [0.4, 0.5) is 39.5 Å². The molecule has 8 heterocycles. The van der Waals surface area contributed by atoms with Crippen LogP contribution in [0.5, 0.6) is 0 Å². The number of hydrogen-bond acceptors (Lipinski definition) is 17. The number of aliphatic carboxylic acids is 2. The maximum Gasteiger partial charge on any atom is 0.523 e. The minimum Gasteiger partial charge on any atom is -0.479 e. The molecule has 0 radical (unpaired) electrons. The summed E-state index contributed by atoms with van der Waals surface area (Å²) in [5.41, 5.74) is 5.11. The van der Waals surface area contributed by atoms with E-state index in [0.29, 0.717) is 77.4 Å². The van der Waals surface area contributed by atoms with Crippen LogP contribution in [0.3, 0.4) is 0 Å². The number of nitrogens with zero attached hydrogens (tertiary/aromatic N) is 7. The molecule has 0 saturated carbocycles. The zero-order chi connectivity index (χ0) is 77.9. The van der Waals surface area contributed by atoms with Gasteiger partial charge in [-0.25, -0.2) is 19.6 Å². The normalized spacial score (nSPS) is 17.2. The van der Waals surface area contributed by atoms with E-state index in [-0.39, 0.29) is 5.92 Å². The second kappa shape index (κ2) is 31.4. The summed E-state index contributed by atoms with van der Waals surface area (Å²) < 4.78 is 157. The number of piperidine rings is 2. The number of aromatic nitrogens is 6. The first-order chi connectivity index (χ1) is 50.7. The molecule has 578 valence electrons. The molecule has 0 aliphatic carbocycles. The number of carboxylic acid groups (broad SMARTS) is 2. The lowest BCUT2D eigenvalue weighted by atomic mass is 9.90. The van der Waals surface area contributed by atoms with Gasteiger partial charge in [-0.3, -0.25) is 23.8 Å². The average Bonchev–Trinajstić information content (AvgIpc) is 1.54. The van der Waals surface area contributed by atoms with Gasteiger partial charge in [0.2, 0.25) is 0 Å². The molecule has 6 aromatic carbocycles. The molecule has 14 rings (SSSR count). The summed E-state index contributed by atoms with van der Waals surface area (Å²) in [6.07, 6.45) is -8.18. The number of thiazole rings is 2. The maximum absolute atomic E-state index is 13.7. The number of alkyl halides is 9. The van der Waals surface area contributed by atoms with E-state index in [2.05, 4.69) is 47.5 Å². The van der Waals surface area contributed by atoms with Crippen LogP contribution >= 0.6 is 45.9 Å². The summed E-state index contributed by atoms with van der Waals surface area (Å²) in [5, 5.41) is 37.9.